The van der Waals surface area contributed by atoms with Crippen molar-refractivity contribution in [2.45, 2.75) is 19.4 Å². The molecule has 1 heterocycles. The number of nitrogens with one attached hydrogen (secondary N) is 1. The van der Waals surface area contributed by atoms with E-state index >= 15 is 0 Å². The summed E-state index contributed by atoms with van der Waals surface area (Å²) in [6.07, 6.45) is 0.869. The normalized spacial score (nSPS) is 20.4. The topological polar surface area (TPSA) is 78.6 Å². The van der Waals surface area contributed by atoms with Crippen molar-refractivity contribution in [3.8, 4) is 0 Å². The molecule has 2 atom stereocenters. The van der Waals surface area contributed by atoms with Crippen LogP contribution in [0.5, 0.6) is 0 Å². The SMILES string of the molecule is CC(N)c1ccc(NC(=O)N2CCC(CO)C2)cc1. The third kappa shape index (κ3) is 3.45. The second kappa shape index (κ2) is 6.04. The van der Waals surface area contributed by atoms with Gasteiger partial charge in [-0.1, -0.05) is 12.1 Å². The van der Waals surface area contributed by atoms with Crippen LogP contribution in [0.25, 0.3) is 0 Å². The highest BCUT2D eigenvalue weighted by molar-refractivity contribution is 5.89. The minimum atomic E-state index is -0.107. The highest BCUT2D eigenvalue weighted by Gasteiger charge is 2.25. The fourth-order valence-electron chi connectivity index (χ4n) is 2.24. The Kier molecular flexibility index (Phi) is 4.39. The Balaban J connectivity index is 1.92. The number of carbonyl (C=O) groups is 1. The van der Waals surface area contributed by atoms with Crippen LogP contribution in [0.2, 0.25) is 0 Å². The van der Waals surface area contributed by atoms with Crippen molar-refractivity contribution in [3.63, 3.8) is 0 Å². The van der Waals surface area contributed by atoms with Crippen molar-refractivity contribution >= 4 is 11.7 Å². The molecule has 5 nitrogen and oxygen atoms in total. The van der Waals surface area contributed by atoms with Crippen molar-refractivity contribution in [1.29, 1.82) is 0 Å². The van der Waals surface area contributed by atoms with Crippen molar-refractivity contribution < 1.29 is 9.90 Å². The van der Waals surface area contributed by atoms with Crippen LogP contribution in [0.3, 0.4) is 0 Å². The number of urea groups is 1. The molecule has 4 N–H and O–H groups in total. The van der Waals surface area contributed by atoms with Gasteiger partial charge in [-0.05, 0) is 31.0 Å². The van der Waals surface area contributed by atoms with Gasteiger partial charge in [-0.2, -0.15) is 0 Å². The molecule has 19 heavy (non-hydrogen) atoms. The van der Waals surface area contributed by atoms with Gasteiger partial charge in [0.2, 0.25) is 0 Å². The van der Waals surface area contributed by atoms with Gasteiger partial charge in [0, 0.05) is 37.3 Å². The van der Waals surface area contributed by atoms with Gasteiger partial charge in [0.1, 0.15) is 0 Å². The number of nitrogens with zero attached hydrogens (tertiary/aromatic N) is 1. The largest absolute Gasteiger partial charge is 0.396 e. The van der Waals surface area contributed by atoms with Crippen LogP contribution in [-0.4, -0.2) is 35.7 Å². The molecule has 0 bridgehead atoms. The first-order valence-electron chi connectivity index (χ1n) is 6.62. The summed E-state index contributed by atoms with van der Waals surface area (Å²) in [4.78, 5) is 13.7. The highest BCUT2D eigenvalue weighted by Crippen LogP contribution is 2.18. The lowest BCUT2D eigenvalue weighted by atomic mass is 10.1. The summed E-state index contributed by atoms with van der Waals surface area (Å²) in [5.74, 6) is 0.214. The first-order valence-corrected chi connectivity index (χ1v) is 6.62. The number of benzene rings is 1. The number of amides is 2. The van der Waals surface area contributed by atoms with Gasteiger partial charge in [0.15, 0.2) is 0 Å². The summed E-state index contributed by atoms with van der Waals surface area (Å²) < 4.78 is 0. The number of aliphatic hydroxyl groups excluding tert-OH is 1. The summed E-state index contributed by atoms with van der Waals surface area (Å²) in [6.45, 7) is 3.40. The van der Waals surface area contributed by atoms with Crippen molar-refractivity contribution in [2.24, 2.45) is 11.7 Å². The second-order valence-electron chi connectivity index (χ2n) is 5.12. The second-order valence-corrected chi connectivity index (χ2v) is 5.12. The molecule has 1 aliphatic heterocycles. The zero-order valence-corrected chi connectivity index (χ0v) is 11.2. The number of anilines is 1. The van der Waals surface area contributed by atoms with E-state index in [1.807, 2.05) is 31.2 Å². The Hall–Kier alpha value is -1.59. The summed E-state index contributed by atoms with van der Waals surface area (Å²) >= 11 is 0. The Morgan fingerprint density at radius 1 is 1.53 bits per heavy atom. The molecule has 1 aromatic rings. The zero-order valence-electron chi connectivity index (χ0n) is 11.2. The van der Waals surface area contributed by atoms with Gasteiger partial charge < -0.3 is 21.1 Å². The maximum atomic E-state index is 12.0. The fraction of sp³-hybridized carbons (Fsp3) is 0.500. The summed E-state index contributed by atoms with van der Waals surface area (Å²) in [5, 5.41) is 11.9. The maximum absolute atomic E-state index is 12.0. The van der Waals surface area contributed by atoms with E-state index in [2.05, 4.69) is 5.32 Å². The van der Waals surface area contributed by atoms with Crippen molar-refractivity contribution in [3.05, 3.63) is 29.8 Å². The minimum Gasteiger partial charge on any atom is -0.396 e. The van der Waals surface area contributed by atoms with Gasteiger partial charge in [0.05, 0.1) is 0 Å². The van der Waals surface area contributed by atoms with Gasteiger partial charge >= 0.3 is 6.03 Å². The smallest absolute Gasteiger partial charge is 0.321 e. The molecule has 1 fully saturated rings. The van der Waals surface area contributed by atoms with Crippen LogP contribution >= 0.6 is 0 Å². The molecule has 5 heteroatoms. The van der Waals surface area contributed by atoms with E-state index < -0.39 is 0 Å². The molecule has 0 aromatic heterocycles. The van der Waals surface area contributed by atoms with E-state index in [1.54, 1.807) is 4.90 Å². The zero-order chi connectivity index (χ0) is 13.8. The van der Waals surface area contributed by atoms with Crippen LogP contribution in [0.4, 0.5) is 10.5 Å². The number of carbonyl (C=O) groups excluding carboxylic acids is 1. The Morgan fingerprint density at radius 3 is 2.74 bits per heavy atom. The molecule has 104 valence electrons. The Morgan fingerprint density at radius 2 is 2.21 bits per heavy atom. The molecule has 1 aromatic carbocycles. The van der Waals surface area contributed by atoms with Crippen LogP contribution in [0.1, 0.15) is 24.9 Å². The number of hydrogen-bond acceptors (Lipinski definition) is 3. The minimum absolute atomic E-state index is 0.00588. The van der Waals surface area contributed by atoms with Crippen molar-refractivity contribution in [1.82, 2.24) is 4.90 Å². The average Bonchev–Trinajstić information content (AvgIpc) is 2.88. The van der Waals surface area contributed by atoms with Gasteiger partial charge in [-0.3, -0.25) is 0 Å². The molecule has 1 aliphatic rings. The van der Waals surface area contributed by atoms with Crippen LogP contribution < -0.4 is 11.1 Å². The standard InChI is InChI=1S/C14H21N3O2/c1-10(15)12-2-4-13(5-3-12)16-14(19)17-7-6-11(8-17)9-18/h2-5,10-11,18H,6-9,15H2,1H3,(H,16,19). The lowest BCUT2D eigenvalue weighted by Gasteiger charge is -2.17. The number of rotatable bonds is 3. The van der Waals surface area contributed by atoms with Crippen LogP contribution in [0.15, 0.2) is 24.3 Å². The lowest BCUT2D eigenvalue weighted by Crippen LogP contribution is -2.33. The lowest BCUT2D eigenvalue weighted by molar-refractivity contribution is 0.209. The van der Waals surface area contributed by atoms with E-state index in [0.717, 1.165) is 17.7 Å². The first-order chi connectivity index (χ1) is 9.10. The molecule has 2 rings (SSSR count). The molecular formula is C14H21N3O2. The molecule has 2 unspecified atom stereocenters. The van der Waals surface area contributed by atoms with Gasteiger partial charge in [-0.25, -0.2) is 4.79 Å². The first kappa shape index (κ1) is 13.8. The monoisotopic (exact) mass is 263 g/mol. The number of hydrogen-bond donors (Lipinski definition) is 3. The molecule has 0 aliphatic carbocycles. The van der Waals surface area contributed by atoms with Gasteiger partial charge in [0.25, 0.3) is 0 Å². The highest BCUT2D eigenvalue weighted by atomic mass is 16.3. The fourth-order valence-corrected chi connectivity index (χ4v) is 2.24. The van der Waals surface area contributed by atoms with Gasteiger partial charge in [-0.15, -0.1) is 0 Å². The molecule has 0 radical (unpaired) electrons. The number of likely N-dealkylation sites (tertiary alicyclic amines) is 1. The molecular weight excluding hydrogens is 242 g/mol. The summed E-state index contributed by atoms with van der Waals surface area (Å²) in [5.41, 5.74) is 7.58. The number of nitrogens with two attached hydrogens (primary N) is 1. The molecule has 1 saturated heterocycles. The quantitative estimate of drug-likeness (QED) is 0.774. The van der Waals surface area contributed by atoms with E-state index in [1.165, 1.54) is 0 Å². The van der Waals surface area contributed by atoms with E-state index in [-0.39, 0.29) is 24.6 Å². The predicted octanol–water partition coefficient (Wildman–Crippen LogP) is 1.55. The van der Waals surface area contributed by atoms with Crippen LogP contribution in [0, 0.1) is 5.92 Å². The van der Waals surface area contributed by atoms with E-state index in [4.69, 9.17) is 10.8 Å². The van der Waals surface area contributed by atoms with Crippen LogP contribution in [-0.2, 0) is 0 Å². The van der Waals surface area contributed by atoms with Crippen molar-refractivity contribution in [2.75, 3.05) is 25.0 Å². The third-order valence-corrected chi connectivity index (χ3v) is 3.52. The molecule has 0 spiro atoms. The molecule has 2 amide bonds. The summed E-state index contributed by atoms with van der Waals surface area (Å²) in [6, 6.07) is 7.44. The third-order valence-electron chi connectivity index (χ3n) is 3.52. The summed E-state index contributed by atoms with van der Waals surface area (Å²) in [7, 11) is 0. The predicted molar refractivity (Wildman–Crippen MR) is 74.8 cm³/mol. The van der Waals surface area contributed by atoms with E-state index in [0.29, 0.717) is 13.1 Å². The number of aliphatic hydroxyl groups is 1. The Bertz CT molecular complexity index is 431. The maximum Gasteiger partial charge on any atom is 0.321 e. The molecule has 0 saturated carbocycles. The Labute approximate surface area is 113 Å². The van der Waals surface area contributed by atoms with E-state index in [9.17, 15) is 4.79 Å². The average molecular weight is 263 g/mol.